The maximum Gasteiger partial charge on any atom is 0.293 e. The standard InChI is InChI=1S/C11H15FIN3O2/c1-2-3-14-4-5-15-10-6-8(12)9(13)7-11(10)16(17)18/h6-7,14-15H,2-5H2,1H3. The van der Waals surface area contributed by atoms with E-state index >= 15 is 0 Å². The molecule has 100 valence electrons. The number of hydrogen-bond acceptors (Lipinski definition) is 4. The second kappa shape index (κ2) is 7.47. The highest BCUT2D eigenvalue weighted by atomic mass is 127. The van der Waals surface area contributed by atoms with E-state index < -0.39 is 10.7 Å². The summed E-state index contributed by atoms with van der Waals surface area (Å²) in [5, 5.41) is 16.9. The molecule has 0 fully saturated rings. The first-order valence-electron chi connectivity index (χ1n) is 5.64. The van der Waals surface area contributed by atoms with Gasteiger partial charge >= 0.3 is 0 Å². The normalized spacial score (nSPS) is 10.4. The molecule has 0 unspecified atom stereocenters. The fourth-order valence-corrected chi connectivity index (χ4v) is 1.87. The van der Waals surface area contributed by atoms with Crippen LogP contribution in [-0.4, -0.2) is 24.6 Å². The van der Waals surface area contributed by atoms with Crippen molar-refractivity contribution in [3.05, 3.63) is 31.6 Å². The zero-order valence-electron chi connectivity index (χ0n) is 10.0. The number of rotatable bonds is 7. The first kappa shape index (κ1) is 15.1. The minimum absolute atomic E-state index is 0.101. The Balaban J connectivity index is 2.68. The summed E-state index contributed by atoms with van der Waals surface area (Å²) in [5.74, 6) is -0.454. The van der Waals surface area contributed by atoms with E-state index in [0.717, 1.165) is 13.0 Å². The third-order valence-corrected chi connectivity index (χ3v) is 3.11. The van der Waals surface area contributed by atoms with Crippen LogP contribution in [0.15, 0.2) is 12.1 Å². The summed E-state index contributed by atoms with van der Waals surface area (Å²) in [7, 11) is 0. The lowest BCUT2D eigenvalue weighted by Crippen LogP contribution is -2.23. The van der Waals surface area contributed by atoms with Gasteiger partial charge < -0.3 is 10.6 Å². The molecule has 0 radical (unpaired) electrons. The van der Waals surface area contributed by atoms with Gasteiger partial charge in [-0.2, -0.15) is 0 Å². The zero-order valence-corrected chi connectivity index (χ0v) is 12.2. The Bertz CT molecular complexity index is 429. The average Bonchev–Trinajstić information content (AvgIpc) is 2.32. The predicted octanol–water partition coefficient (Wildman–Crippen LogP) is 2.75. The van der Waals surface area contributed by atoms with Crippen LogP contribution in [0.2, 0.25) is 0 Å². The third-order valence-electron chi connectivity index (χ3n) is 2.28. The van der Waals surface area contributed by atoms with Crippen molar-refractivity contribution in [2.45, 2.75) is 13.3 Å². The van der Waals surface area contributed by atoms with Gasteiger partial charge in [0.2, 0.25) is 0 Å². The van der Waals surface area contributed by atoms with Crippen molar-refractivity contribution in [2.75, 3.05) is 25.0 Å². The van der Waals surface area contributed by atoms with E-state index in [2.05, 4.69) is 17.6 Å². The van der Waals surface area contributed by atoms with E-state index in [1.165, 1.54) is 12.1 Å². The van der Waals surface area contributed by atoms with Crippen LogP contribution in [0.1, 0.15) is 13.3 Å². The summed E-state index contributed by atoms with van der Waals surface area (Å²) >= 11 is 1.74. The smallest absolute Gasteiger partial charge is 0.293 e. The van der Waals surface area contributed by atoms with Crippen LogP contribution in [0.5, 0.6) is 0 Å². The highest BCUT2D eigenvalue weighted by Crippen LogP contribution is 2.28. The first-order valence-corrected chi connectivity index (χ1v) is 6.72. The van der Waals surface area contributed by atoms with Crippen LogP contribution >= 0.6 is 22.6 Å². The SMILES string of the molecule is CCCNCCNc1cc(F)c(I)cc1[N+](=O)[O-]. The summed E-state index contributed by atoms with van der Waals surface area (Å²) in [6.45, 7) is 4.14. The Morgan fingerprint density at radius 2 is 2.11 bits per heavy atom. The van der Waals surface area contributed by atoms with Gasteiger partial charge in [0.15, 0.2) is 0 Å². The molecule has 0 bridgehead atoms. The van der Waals surface area contributed by atoms with Gasteiger partial charge in [-0.15, -0.1) is 0 Å². The molecule has 0 aromatic heterocycles. The second-order valence-electron chi connectivity index (χ2n) is 3.72. The molecule has 5 nitrogen and oxygen atoms in total. The summed E-state index contributed by atoms with van der Waals surface area (Å²) < 4.78 is 13.6. The maximum atomic E-state index is 13.4. The number of nitrogens with one attached hydrogen (secondary N) is 2. The topological polar surface area (TPSA) is 67.2 Å². The van der Waals surface area contributed by atoms with E-state index in [-0.39, 0.29) is 14.9 Å². The van der Waals surface area contributed by atoms with Crippen LogP contribution in [-0.2, 0) is 0 Å². The van der Waals surface area contributed by atoms with Gasteiger partial charge in [0, 0.05) is 25.2 Å². The Morgan fingerprint density at radius 1 is 1.39 bits per heavy atom. The summed E-state index contributed by atoms with van der Waals surface area (Å²) in [4.78, 5) is 10.3. The zero-order chi connectivity index (χ0) is 13.5. The minimum Gasteiger partial charge on any atom is -0.378 e. The van der Waals surface area contributed by atoms with Crippen molar-refractivity contribution >= 4 is 34.0 Å². The number of nitro benzene ring substituents is 1. The minimum atomic E-state index is -0.511. The van der Waals surface area contributed by atoms with Crippen molar-refractivity contribution in [2.24, 2.45) is 0 Å². The van der Waals surface area contributed by atoms with Gasteiger partial charge in [-0.25, -0.2) is 4.39 Å². The second-order valence-corrected chi connectivity index (χ2v) is 4.88. The Kier molecular flexibility index (Phi) is 6.27. The molecular weight excluding hydrogens is 352 g/mol. The molecule has 0 aliphatic carbocycles. The molecule has 2 N–H and O–H groups in total. The molecule has 0 atom stereocenters. The fraction of sp³-hybridized carbons (Fsp3) is 0.455. The van der Waals surface area contributed by atoms with Crippen LogP contribution in [0.3, 0.4) is 0 Å². The van der Waals surface area contributed by atoms with Crippen LogP contribution in [0, 0.1) is 19.5 Å². The Labute approximate surface area is 118 Å². The Morgan fingerprint density at radius 3 is 2.72 bits per heavy atom. The lowest BCUT2D eigenvalue weighted by Gasteiger charge is -2.08. The lowest BCUT2D eigenvalue weighted by atomic mass is 10.2. The molecule has 0 aliphatic heterocycles. The fourth-order valence-electron chi connectivity index (χ4n) is 1.42. The molecule has 0 amide bonds. The highest BCUT2D eigenvalue weighted by molar-refractivity contribution is 14.1. The van der Waals surface area contributed by atoms with Crippen molar-refractivity contribution in [3.8, 4) is 0 Å². The van der Waals surface area contributed by atoms with E-state index in [4.69, 9.17) is 0 Å². The van der Waals surface area contributed by atoms with E-state index in [0.29, 0.717) is 13.1 Å². The quantitative estimate of drug-likeness (QED) is 0.337. The van der Waals surface area contributed by atoms with Crippen molar-refractivity contribution in [3.63, 3.8) is 0 Å². The van der Waals surface area contributed by atoms with E-state index in [1.54, 1.807) is 22.6 Å². The van der Waals surface area contributed by atoms with Crippen molar-refractivity contribution in [1.82, 2.24) is 5.32 Å². The molecule has 0 saturated heterocycles. The van der Waals surface area contributed by atoms with Gasteiger partial charge in [0.25, 0.3) is 5.69 Å². The molecule has 0 saturated carbocycles. The Hall–Kier alpha value is -0.960. The predicted molar refractivity (Wildman–Crippen MR) is 77.4 cm³/mol. The third kappa shape index (κ3) is 4.37. The molecule has 18 heavy (non-hydrogen) atoms. The first-order chi connectivity index (χ1) is 8.56. The number of nitrogens with zero attached hydrogens (tertiary/aromatic N) is 1. The number of benzene rings is 1. The molecule has 1 aromatic rings. The lowest BCUT2D eigenvalue weighted by molar-refractivity contribution is -0.384. The number of anilines is 1. The van der Waals surface area contributed by atoms with Gasteiger partial charge in [0.1, 0.15) is 11.5 Å². The molecule has 1 rings (SSSR count). The molecule has 0 spiro atoms. The van der Waals surface area contributed by atoms with Gasteiger partial charge in [-0.3, -0.25) is 10.1 Å². The van der Waals surface area contributed by atoms with E-state index in [9.17, 15) is 14.5 Å². The molecule has 1 aromatic carbocycles. The number of nitro groups is 1. The summed E-state index contributed by atoms with van der Waals surface area (Å²) in [5.41, 5.74) is 0.118. The van der Waals surface area contributed by atoms with Crippen LogP contribution in [0.4, 0.5) is 15.8 Å². The van der Waals surface area contributed by atoms with Gasteiger partial charge in [0.05, 0.1) is 8.49 Å². The van der Waals surface area contributed by atoms with Crippen LogP contribution < -0.4 is 10.6 Å². The largest absolute Gasteiger partial charge is 0.378 e. The van der Waals surface area contributed by atoms with E-state index in [1.807, 2.05) is 0 Å². The monoisotopic (exact) mass is 367 g/mol. The molecule has 0 heterocycles. The molecule has 0 aliphatic rings. The van der Waals surface area contributed by atoms with Crippen molar-refractivity contribution in [1.29, 1.82) is 0 Å². The van der Waals surface area contributed by atoms with Gasteiger partial charge in [-0.1, -0.05) is 6.92 Å². The van der Waals surface area contributed by atoms with Crippen molar-refractivity contribution < 1.29 is 9.31 Å². The number of halogens is 2. The van der Waals surface area contributed by atoms with Gasteiger partial charge in [-0.05, 0) is 35.6 Å². The molecular formula is C11H15FIN3O2. The molecule has 7 heteroatoms. The average molecular weight is 367 g/mol. The summed E-state index contributed by atoms with van der Waals surface area (Å²) in [6.07, 6.45) is 1.03. The number of hydrogen-bond donors (Lipinski definition) is 2. The summed E-state index contributed by atoms with van der Waals surface area (Å²) in [6, 6.07) is 2.40. The van der Waals surface area contributed by atoms with Crippen LogP contribution in [0.25, 0.3) is 0 Å². The highest BCUT2D eigenvalue weighted by Gasteiger charge is 2.16. The maximum absolute atomic E-state index is 13.4.